The second-order valence-corrected chi connectivity index (χ2v) is 8.11. The van der Waals surface area contributed by atoms with Gasteiger partial charge in [0.25, 0.3) is 0 Å². The molecule has 1 fully saturated rings. The van der Waals surface area contributed by atoms with Gasteiger partial charge >= 0.3 is 0 Å². The van der Waals surface area contributed by atoms with Gasteiger partial charge in [-0.3, -0.25) is 0 Å². The maximum atomic E-state index is 11.0. The minimum atomic E-state index is -2.81. The molecule has 1 N–H and O–H groups in total. The summed E-state index contributed by atoms with van der Waals surface area (Å²) in [4.78, 5) is 0. The number of nitrogens with one attached hydrogen (secondary N) is 1. The predicted molar refractivity (Wildman–Crippen MR) is 72.9 cm³/mol. The van der Waals surface area contributed by atoms with Gasteiger partial charge in [0.1, 0.15) is 9.84 Å². The molecule has 0 aliphatic heterocycles. The van der Waals surface area contributed by atoms with Gasteiger partial charge in [-0.25, -0.2) is 8.42 Å². The molecule has 0 bridgehead atoms. The Morgan fingerprint density at radius 1 is 1.24 bits per heavy atom. The van der Waals surface area contributed by atoms with Crippen molar-refractivity contribution in [3.05, 3.63) is 0 Å². The molecule has 1 aliphatic carbocycles. The van der Waals surface area contributed by atoms with Crippen molar-refractivity contribution in [3.8, 4) is 0 Å². The van der Waals surface area contributed by atoms with Crippen LogP contribution < -0.4 is 5.32 Å². The quantitative estimate of drug-likeness (QED) is 0.797. The minimum absolute atomic E-state index is 0.295. The Hall–Kier alpha value is -0.0900. The molecule has 17 heavy (non-hydrogen) atoms. The predicted octanol–water partition coefficient (Wildman–Crippen LogP) is 2.23. The molecule has 1 aliphatic rings. The lowest BCUT2D eigenvalue weighted by molar-refractivity contribution is 0.275. The standard InChI is InChI=1S/C13H27NO2S/c1-11-4-6-13(7-5-11)10-14-12(2)8-9-17(3,15)16/h11-14H,4-10H2,1-3H3/t11?,12-,13?/m1/s1. The third-order valence-corrected chi connectivity index (χ3v) is 4.79. The molecule has 0 amide bonds. The van der Waals surface area contributed by atoms with Crippen LogP contribution in [0.1, 0.15) is 46.0 Å². The molecule has 4 heteroatoms. The third kappa shape index (κ3) is 7.04. The molecule has 102 valence electrons. The largest absolute Gasteiger partial charge is 0.314 e. The van der Waals surface area contributed by atoms with E-state index in [0.29, 0.717) is 11.8 Å². The molecule has 0 saturated heterocycles. The van der Waals surface area contributed by atoms with E-state index in [-0.39, 0.29) is 0 Å². The fourth-order valence-electron chi connectivity index (χ4n) is 2.39. The summed E-state index contributed by atoms with van der Waals surface area (Å²) in [5.41, 5.74) is 0. The maximum Gasteiger partial charge on any atom is 0.147 e. The molecule has 0 aromatic rings. The summed E-state index contributed by atoms with van der Waals surface area (Å²) in [5.74, 6) is 1.99. The van der Waals surface area contributed by atoms with Gasteiger partial charge in [-0.15, -0.1) is 0 Å². The molecule has 1 rings (SSSR count). The molecular weight excluding hydrogens is 234 g/mol. The van der Waals surface area contributed by atoms with Crippen LogP contribution in [0.4, 0.5) is 0 Å². The molecule has 3 nitrogen and oxygen atoms in total. The van der Waals surface area contributed by atoms with Gasteiger partial charge in [0.2, 0.25) is 0 Å². The fourth-order valence-corrected chi connectivity index (χ4v) is 3.18. The number of hydrogen-bond donors (Lipinski definition) is 1. The number of rotatable bonds is 6. The summed E-state index contributed by atoms with van der Waals surface area (Å²) < 4.78 is 22.1. The van der Waals surface area contributed by atoms with Crippen LogP contribution in [0.25, 0.3) is 0 Å². The van der Waals surface area contributed by atoms with Crippen molar-refractivity contribution in [2.24, 2.45) is 11.8 Å². The highest BCUT2D eigenvalue weighted by Gasteiger charge is 2.18. The van der Waals surface area contributed by atoms with Crippen LogP contribution in [-0.4, -0.2) is 33.0 Å². The second-order valence-electron chi connectivity index (χ2n) is 5.85. The van der Waals surface area contributed by atoms with Crippen LogP contribution in [0.5, 0.6) is 0 Å². The first kappa shape index (κ1) is 15.0. The second kappa shape index (κ2) is 6.74. The van der Waals surface area contributed by atoms with E-state index in [0.717, 1.165) is 24.8 Å². The number of hydrogen-bond acceptors (Lipinski definition) is 3. The Labute approximate surface area is 106 Å². The van der Waals surface area contributed by atoms with E-state index in [1.165, 1.54) is 31.9 Å². The molecule has 0 aromatic carbocycles. The first-order chi connectivity index (χ1) is 7.87. The molecular formula is C13H27NO2S. The average molecular weight is 261 g/mol. The Morgan fingerprint density at radius 2 is 1.82 bits per heavy atom. The normalized spacial score (nSPS) is 27.9. The maximum absolute atomic E-state index is 11.0. The Bertz CT molecular complexity index is 305. The minimum Gasteiger partial charge on any atom is -0.314 e. The van der Waals surface area contributed by atoms with Crippen molar-refractivity contribution in [3.63, 3.8) is 0 Å². The molecule has 0 radical (unpaired) electrons. The lowest BCUT2D eigenvalue weighted by Gasteiger charge is -2.27. The zero-order valence-corrected chi connectivity index (χ0v) is 12.2. The van der Waals surface area contributed by atoms with E-state index < -0.39 is 9.84 Å². The molecule has 0 aromatic heterocycles. The van der Waals surface area contributed by atoms with Crippen LogP contribution in [0.3, 0.4) is 0 Å². The zero-order valence-electron chi connectivity index (χ0n) is 11.4. The van der Waals surface area contributed by atoms with Gasteiger partial charge in [0.15, 0.2) is 0 Å². The van der Waals surface area contributed by atoms with Gasteiger partial charge in [-0.05, 0) is 44.6 Å². The topological polar surface area (TPSA) is 46.2 Å². The number of sulfone groups is 1. The molecule has 1 saturated carbocycles. The molecule has 0 spiro atoms. The average Bonchev–Trinajstić information content (AvgIpc) is 2.25. The van der Waals surface area contributed by atoms with E-state index in [9.17, 15) is 8.42 Å². The van der Waals surface area contributed by atoms with Gasteiger partial charge in [0, 0.05) is 12.3 Å². The first-order valence-electron chi connectivity index (χ1n) is 6.78. The van der Waals surface area contributed by atoms with E-state index in [1.54, 1.807) is 0 Å². The van der Waals surface area contributed by atoms with Crippen molar-refractivity contribution >= 4 is 9.84 Å². The summed E-state index contributed by atoms with van der Waals surface area (Å²) in [5, 5.41) is 3.48. The van der Waals surface area contributed by atoms with Crippen LogP contribution in [0.15, 0.2) is 0 Å². The van der Waals surface area contributed by atoms with Crippen molar-refractivity contribution in [1.29, 1.82) is 0 Å². The Kier molecular flexibility index (Phi) is 5.93. The molecule has 0 unspecified atom stereocenters. The summed E-state index contributed by atoms with van der Waals surface area (Å²) in [6.45, 7) is 5.46. The van der Waals surface area contributed by atoms with E-state index in [4.69, 9.17) is 0 Å². The highest BCUT2D eigenvalue weighted by molar-refractivity contribution is 7.90. The van der Waals surface area contributed by atoms with E-state index in [2.05, 4.69) is 19.2 Å². The summed E-state index contributed by atoms with van der Waals surface area (Å²) in [7, 11) is -2.81. The van der Waals surface area contributed by atoms with Crippen LogP contribution >= 0.6 is 0 Å². The van der Waals surface area contributed by atoms with Crippen LogP contribution in [-0.2, 0) is 9.84 Å². The monoisotopic (exact) mass is 261 g/mol. The van der Waals surface area contributed by atoms with Crippen molar-refractivity contribution < 1.29 is 8.42 Å². The van der Waals surface area contributed by atoms with E-state index >= 15 is 0 Å². The van der Waals surface area contributed by atoms with Crippen LogP contribution in [0.2, 0.25) is 0 Å². The van der Waals surface area contributed by atoms with Gasteiger partial charge in [-0.1, -0.05) is 19.8 Å². The summed E-state index contributed by atoms with van der Waals surface area (Å²) in [6.07, 6.45) is 7.39. The Balaban J connectivity index is 2.13. The first-order valence-corrected chi connectivity index (χ1v) is 8.84. The fraction of sp³-hybridized carbons (Fsp3) is 1.00. The lowest BCUT2D eigenvalue weighted by atomic mass is 9.83. The van der Waals surface area contributed by atoms with Gasteiger partial charge < -0.3 is 5.32 Å². The lowest BCUT2D eigenvalue weighted by Crippen LogP contribution is -2.33. The highest BCUT2D eigenvalue weighted by atomic mass is 32.2. The SMILES string of the molecule is CC1CCC(CN[C@H](C)CCS(C)(=O)=O)CC1. The van der Waals surface area contributed by atoms with Crippen molar-refractivity contribution in [2.45, 2.75) is 52.0 Å². The van der Waals surface area contributed by atoms with Crippen molar-refractivity contribution in [1.82, 2.24) is 5.32 Å². The zero-order chi connectivity index (χ0) is 12.9. The Morgan fingerprint density at radius 3 is 2.35 bits per heavy atom. The molecule has 1 atom stereocenters. The summed E-state index contributed by atoms with van der Waals surface area (Å²) >= 11 is 0. The van der Waals surface area contributed by atoms with Gasteiger partial charge in [0.05, 0.1) is 5.75 Å². The smallest absolute Gasteiger partial charge is 0.147 e. The summed E-state index contributed by atoms with van der Waals surface area (Å²) in [6, 6.07) is 0.309. The van der Waals surface area contributed by atoms with Crippen LogP contribution in [0, 0.1) is 11.8 Å². The van der Waals surface area contributed by atoms with Crippen molar-refractivity contribution in [2.75, 3.05) is 18.6 Å². The molecule has 0 heterocycles. The van der Waals surface area contributed by atoms with Gasteiger partial charge in [-0.2, -0.15) is 0 Å². The van der Waals surface area contributed by atoms with E-state index in [1.807, 2.05) is 0 Å². The highest BCUT2D eigenvalue weighted by Crippen LogP contribution is 2.27. The third-order valence-electron chi connectivity index (χ3n) is 3.81.